The molecule has 0 saturated heterocycles. The van der Waals surface area contributed by atoms with Gasteiger partial charge < -0.3 is 11.1 Å². The summed E-state index contributed by atoms with van der Waals surface area (Å²) >= 11 is 0. The van der Waals surface area contributed by atoms with Crippen LogP contribution in [0.25, 0.3) is 0 Å². The SMILES string of the molecule is Cc1ccc(C(CCNC(C)N)ON)cc1. The molecule has 16 heavy (non-hydrogen) atoms. The summed E-state index contributed by atoms with van der Waals surface area (Å²) in [5.74, 6) is 5.30. The maximum Gasteiger partial charge on any atom is 0.105 e. The Hall–Kier alpha value is -0.940. The highest BCUT2D eigenvalue weighted by Gasteiger charge is 2.10. The van der Waals surface area contributed by atoms with Gasteiger partial charge in [-0.3, -0.25) is 4.84 Å². The van der Waals surface area contributed by atoms with Crippen molar-refractivity contribution in [1.29, 1.82) is 0 Å². The molecule has 4 heteroatoms. The molecule has 1 aromatic carbocycles. The van der Waals surface area contributed by atoms with E-state index in [1.165, 1.54) is 5.56 Å². The van der Waals surface area contributed by atoms with Crippen LogP contribution in [0, 0.1) is 6.92 Å². The van der Waals surface area contributed by atoms with Crippen molar-refractivity contribution >= 4 is 0 Å². The average Bonchev–Trinajstić information content (AvgIpc) is 2.26. The second-order valence-corrected chi connectivity index (χ2v) is 4.07. The Kier molecular flexibility index (Phi) is 5.42. The minimum atomic E-state index is -0.0770. The molecule has 0 saturated carbocycles. The minimum Gasteiger partial charge on any atom is -0.316 e. The molecule has 0 heterocycles. The minimum absolute atomic E-state index is 0.00329. The third-order valence-electron chi connectivity index (χ3n) is 2.49. The Morgan fingerprint density at radius 3 is 2.44 bits per heavy atom. The van der Waals surface area contributed by atoms with E-state index in [0.29, 0.717) is 0 Å². The van der Waals surface area contributed by atoms with Gasteiger partial charge in [-0.2, -0.15) is 0 Å². The molecular formula is C12H21N3O. The van der Waals surface area contributed by atoms with Crippen molar-refractivity contribution in [3.63, 3.8) is 0 Å². The van der Waals surface area contributed by atoms with E-state index in [-0.39, 0.29) is 12.3 Å². The Morgan fingerprint density at radius 2 is 1.94 bits per heavy atom. The predicted molar refractivity (Wildman–Crippen MR) is 65.5 cm³/mol. The summed E-state index contributed by atoms with van der Waals surface area (Å²) in [4.78, 5) is 4.98. The molecule has 0 amide bonds. The highest BCUT2D eigenvalue weighted by atomic mass is 16.6. The summed E-state index contributed by atoms with van der Waals surface area (Å²) in [6.07, 6.45) is 0.726. The fraction of sp³-hybridized carbons (Fsp3) is 0.500. The lowest BCUT2D eigenvalue weighted by Gasteiger charge is -2.16. The van der Waals surface area contributed by atoms with E-state index in [2.05, 4.69) is 24.4 Å². The summed E-state index contributed by atoms with van der Waals surface area (Å²) < 4.78 is 0. The van der Waals surface area contributed by atoms with Crippen molar-refractivity contribution in [3.05, 3.63) is 35.4 Å². The number of hydrogen-bond donors (Lipinski definition) is 3. The predicted octanol–water partition coefficient (Wildman–Crippen LogP) is 1.21. The molecule has 0 spiro atoms. The first kappa shape index (κ1) is 13.1. The van der Waals surface area contributed by atoms with Crippen molar-refractivity contribution < 1.29 is 4.84 Å². The van der Waals surface area contributed by atoms with Crippen LogP contribution in [0.1, 0.15) is 30.6 Å². The average molecular weight is 223 g/mol. The Balaban J connectivity index is 2.50. The van der Waals surface area contributed by atoms with Crippen LogP contribution in [-0.4, -0.2) is 12.7 Å². The number of benzene rings is 1. The van der Waals surface area contributed by atoms with Crippen LogP contribution in [0.3, 0.4) is 0 Å². The fourth-order valence-corrected chi connectivity index (χ4v) is 1.54. The van der Waals surface area contributed by atoms with Gasteiger partial charge in [-0.1, -0.05) is 29.8 Å². The third kappa shape index (κ3) is 4.28. The van der Waals surface area contributed by atoms with Crippen molar-refractivity contribution in [2.45, 2.75) is 32.5 Å². The highest BCUT2D eigenvalue weighted by molar-refractivity contribution is 5.23. The number of nitrogens with two attached hydrogens (primary N) is 2. The standard InChI is InChI=1S/C12H21N3O/c1-9-3-5-11(6-4-9)12(16-14)7-8-15-10(2)13/h3-6,10,12,15H,7-8,13-14H2,1-2H3. The van der Waals surface area contributed by atoms with Crippen LogP contribution in [0.4, 0.5) is 0 Å². The lowest BCUT2D eigenvalue weighted by Crippen LogP contribution is -2.35. The molecule has 0 fully saturated rings. The van der Waals surface area contributed by atoms with Gasteiger partial charge in [0.05, 0.1) is 6.17 Å². The molecule has 4 nitrogen and oxygen atoms in total. The molecule has 0 aliphatic rings. The van der Waals surface area contributed by atoms with Crippen molar-refractivity contribution in [1.82, 2.24) is 5.32 Å². The van der Waals surface area contributed by atoms with Crippen LogP contribution in [0.2, 0.25) is 0 Å². The molecule has 0 aliphatic carbocycles. The molecule has 2 atom stereocenters. The van der Waals surface area contributed by atoms with Crippen LogP contribution in [0.15, 0.2) is 24.3 Å². The van der Waals surface area contributed by atoms with E-state index in [9.17, 15) is 0 Å². The van der Waals surface area contributed by atoms with Gasteiger partial charge >= 0.3 is 0 Å². The third-order valence-corrected chi connectivity index (χ3v) is 2.49. The van der Waals surface area contributed by atoms with Gasteiger partial charge in [0.15, 0.2) is 0 Å². The molecule has 0 aromatic heterocycles. The van der Waals surface area contributed by atoms with E-state index in [1.54, 1.807) is 0 Å². The highest BCUT2D eigenvalue weighted by Crippen LogP contribution is 2.19. The van der Waals surface area contributed by atoms with Crippen LogP contribution < -0.4 is 16.9 Å². The van der Waals surface area contributed by atoms with Gasteiger partial charge in [-0.05, 0) is 32.4 Å². The maximum absolute atomic E-state index is 5.60. The zero-order chi connectivity index (χ0) is 12.0. The summed E-state index contributed by atoms with van der Waals surface area (Å²) in [7, 11) is 0. The van der Waals surface area contributed by atoms with E-state index >= 15 is 0 Å². The molecule has 2 unspecified atom stereocenters. The monoisotopic (exact) mass is 223 g/mol. The zero-order valence-corrected chi connectivity index (χ0v) is 9.94. The molecule has 1 rings (SSSR count). The normalized spacial score (nSPS) is 14.8. The van der Waals surface area contributed by atoms with Crippen molar-refractivity contribution in [2.24, 2.45) is 11.6 Å². The smallest absolute Gasteiger partial charge is 0.105 e. The summed E-state index contributed by atoms with van der Waals surface area (Å²) in [6.45, 7) is 4.75. The summed E-state index contributed by atoms with van der Waals surface area (Å²) in [6, 6.07) is 8.19. The van der Waals surface area contributed by atoms with Gasteiger partial charge in [0.2, 0.25) is 0 Å². The van der Waals surface area contributed by atoms with Gasteiger partial charge in [-0.25, -0.2) is 5.90 Å². The molecule has 0 radical (unpaired) electrons. The summed E-state index contributed by atoms with van der Waals surface area (Å²) in [5, 5.41) is 3.13. The number of rotatable bonds is 6. The van der Waals surface area contributed by atoms with E-state index < -0.39 is 0 Å². The Morgan fingerprint density at radius 1 is 1.31 bits per heavy atom. The largest absolute Gasteiger partial charge is 0.316 e. The number of hydrogen-bond acceptors (Lipinski definition) is 4. The molecular weight excluding hydrogens is 202 g/mol. The lowest BCUT2D eigenvalue weighted by molar-refractivity contribution is 0.0463. The molecule has 0 bridgehead atoms. The molecule has 0 aliphatic heterocycles. The zero-order valence-electron chi connectivity index (χ0n) is 9.94. The summed E-state index contributed by atoms with van der Waals surface area (Å²) in [5.41, 5.74) is 7.92. The van der Waals surface area contributed by atoms with E-state index in [1.807, 2.05) is 19.1 Å². The van der Waals surface area contributed by atoms with Gasteiger partial charge in [0.25, 0.3) is 0 Å². The van der Waals surface area contributed by atoms with Gasteiger partial charge in [0.1, 0.15) is 6.10 Å². The van der Waals surface area contributed by atoms with E-state index in [0.717, 1.165) is 18.5 Å². The van der Waals surface area contributed by atoms with Crippen molar-refractivity contribution in [2.75, 3.05) is 6.54 Å². The first-order chi connectivity index (χ1) is 7.63. The quantitative estimate of drug-likeness (QED) is 0.500. The molecule has 1 aromatic rings. The topological polar surface area (TPSA) is 73.3 Å². The second kappa shape index (κ2) is 6.60. The van der Waals surface area contributed by atoms with E-state index in [4.69, 9.17) is 16.5 Å². The lowest BCUT2D eigenvalue weighted by atomic mass is 10.1. The Labute approximate surface area is 96.9 Å². The second-order valence-electron chi connectivity index (χ2n) is 4.07. The number of aryl methyl sites for hydroxylation is 1. The Bertz CT molecular complexity index is 298. The molecule has 90 valence electrons. The first-order valence-electron chi connectivity index (χ1n) is 5.54. The fourth-order valence-electron chi connectivity index (χ4n) is 1.54. The van der Waals surface area contributed by atoms with Crippen molar-refractivity contribution in [3.8, 4) is 0 Å². The number of nitrogens with one attached hydrogen (secondary N) is 1. The van der Waals surface area contributed by atoms with Gasteiger partial charge in [-0.15, -0.1) is 0 Å². The van der Waals surface area contributed by atoms with Gasteiger partial charge in [0, 0.05) is 0 Å². The first-order valence-corrected chi connectivity index (χ1v) is 5.54. The molecule has 5 N–H and O–H groups in total. The van der Waals surface area contributed by atoms with Crippen LogP contribution >= 0.6 is 0 Å². The maximum atomic E-state index is 5.60. The van der Waals surface area contributed by atoms with Crippen LogP contribution in [0.5, 0.6) is 0 Å². The van der Waals surface area contributed by atoms with Crippen LogP contribution in [-0.2, 0) is 4.84 Å².